The molecule has 3 fully saturated rings. The van der Waals surface area contributed by atoms with E-state index in [-0.39, 0.29) is 0 Å². The second-order valence-corrected chi connectivity index (χ2v) is 8.68. The van der Waals surface area contributed by atoms with Crippen molar-refractivity contribution in [2.45, 2.75) is 31.7 Å². The van der Waals surface area contributed by atoms with Gasteiger partial charge in [-0.2, -0.15) is 0 Å². The van der Waals surface area contributed by atoms with Crippen LogP contribution in [0.4, 0.5) is 0 Å². The first kappa shape index (κ1) is 12.9. The van der Waals surface area contributed by atoms with Gasteiger partial charge in [0.15, 0.2) is 9.84 Å². The molecule has 3 aliphatic rings. The minimum absolute atomic E-state index is 0.336. The first-order valence-corrected chi connectivity index (χ1v) is 9.06. The molecule has 2 N–H and O–H groups in total. The zero-order chi connectivity index (χ0) is 12.8. The second-order valence-electron chi connectivity index (χ2n) is 6.38. The third-order valence-electron chi connectivity index (χ3n) is 5.28. The molecule has 3 rings (SSSR count). The van der Waals surface area contributed by atoms with Gasteiger partial charge in [0.05, 0.1) is 11.5 Å². The Hall–Kier alpha value is -0.130. The van der Waals surface area contributed by atoms with Crippen molar-refractivity contribution >= 4 is 9.84 Å². The molecular formula is C13H24N2O2S. The van der Waals surface area contributed by atoms with Crippen molar-refractivity contribution in [3.63, 3.8) is 0 Å². The van der Waals surface area contributed by atoms with Gasteiger partial charge in [0, 0.05) is 19.1 Å². The van der Waals surface area contributed by atoms with Crippen molar-refractivity contribution in [2.24, 2.45) is 23.5 Å². The monoisotopic (exact) mass is 272 g/mol. The summed E-state index contributed by atoms with van der Waals surface area (Å²) in [5.74, 6) is 2.88. The standard InChI is InChI=1S/C13H24N2O2S/c14-13-11-3-2-10(8-11)12(13)9-15-4-1-6-18(16,17)7-5-15/h10-13H,1-9,14H2. The summed E-state index contributed by atoms with van der Waals surface area (Å²) in [5, 5.41) is 0. The molecule has 104 valence electrons. The third-order valence-corrected chi connectivity index (χ3v) is 6.99. The highest BCUT2D eigenvalue weighted by molar-refractivity contribution is 7.91. The Balaban J connectivity index is 1.60. The predicted octanol–water partition coefficient (Wildman–Crippen LogP) is 0.480. The number of nitrogens with two attached hydrogens (primary N) is 1. The Labute approximate surface area is 110 Å². The molecule has 0 aromatic heterocycles. The van der Waals surface area contributed by atoms with Crippen LogP contribution in [0.1, 0.15) is 25.7 Å². The van der Waals surface area contributed by atoms with Gasteiger partial charge >= 0.3 is 0 Å². The second kappa shape index (κ2) is 4.76. The molecule has 4 atom stereocenters. The Morgan fingerprint density at radius 2 is 1.89 bits per heavy atom. The van der Waals surface area contributed by atoms with Crippen molar-refractivity contribution in [1.82, 2.24) is 4.90 Å². The minimum atomic E-state index is -2.78. The fourth-order valence-electron chi connectivity index (χ4n) is 4.20. The molecule has 0 spiro atoms. The summed E-state index contributed by atoms with van der Waals surface area (Å²) in [6.45, 7) is 2.67. The van der Waals surface area contributed by atoms with Crippen LogP contribution in [0.25, 0.3) is 0 Å². The molecular weight excluding hydrogens is 248 g/mol. The van der Waals surface area contributed by atoms with E-state index in [1.807, 2.05) is 0 Å². The highest BCUT2D eigenvalue weighted by Crippen LogP contribution is 2.47. The van der Waals surface area contributed by atoms with Crippen molar-refractivity contribution < 1.29 is 8.42 Å². The van der Waals surface area contributed by atoms with Crippen LogP contribution in [0.5, 0.6) is 0 Å². The lowest BCUT2D eigenvalue weighted by molar-refractivity contribution is 0.182. The molecule has 18 heavy (non-hydrogen) atoms. The van der Waals surface area contributed by atoms with Crippen LogP contribution in [0.3, 0.4) is 0 Å². The first-order valence-electron chi connectivity index (χ1n) is 7.23. The van der Waals surface area contributed by atoms with E-state index in [0.717, 1.165) is 31.3 Å². The highest BCUT2D eigenvalue weighted by atomic mass is 32.2. The normalized spacial score (nSPS) is 44.1. The van der Waals surface area contributed by atoms with Crippen molar-refractivity contribution in [3.05, 3.63) is 0 Å². The van der Waals surface area contributed by atoms with Crippen LogP contribution in [-0.2, 0) is 9.84 Å². The lowest BCUT2D eigenvalue weighted by Gasteiger charge is -2.32. The van der Waals surface area contributed by atoms with Gasteiger partial charge in [-0.15, -0.1) is 0 Å². The Bertz CT molecular complexity index is 407. The fourth-order valence-corrected chi connectivity index (χ4v) is 5.51. The molecule has 1 saturated heterocycles. The van der Waals surface area contributed by atoms with E-state index >= 15 is 0 Å². The van der Waals surface area contributed by atoms with Gasteiger partial charge in [-0.3, -0.25) is 0 Å². The van der Waals surface area contributed by atoms with Gasteiger partial charge in [0.25, 0.3) is 0 Å². The lowest BCUT2D eigenvalue weighted by atomic mass is 9.84. The molecule has 1 heterocycles. The first-order chi connectivity index (χ1) is 8.55. The van der Waals surface area contributed by atoms with Crippen LogP contribution in [0.15, 0.2) is 0 Å². The number of rotatable bonds is 2. The average Bonchev–Trinajstić information content (AvgIpc) is 2.84. The van der Waals surface area contributed by atoms with E-state index in [0.29, 0.717) is 30.0 Å². The van der Waals surface area contributed by atoms with E-state index in [2.05, 4.69) is 4.90 Å². The maximum absolute atomic E-state index is 11.6. The Kier molecular flexibility index (Phi) is 3.41. The molecule has 5 heteroatoms. The summed E-state index contributed by atoms with van der Waals surface area (Å²) in [6, 6.07) is 0.364. The Morgan fingerprint density at radius 3 is 2.61 bits per heavy atom. The largest absolute Gasteiger partial charge is 0.327 e. The zero-order valence-corrected chi connectivity index (χ0v) is 11.7. The molecule has 2 saturated carbocycles. The van der Waals surface area contributed by atoms with Crippen molar-refractivity contribution in [3.8, 4) is 0 Å². The van der Waals surface area contributed by atoms with Crippen LogP contribution >= 0.6 is 0 Å². The van der Waals surface area contributed by atoms with Gasteiger partial charge in [0.1, 0.15) is 0 Å². The molecule has 2 aliphatic carbocycles. The SMILES string of the molecule is NC1C2CCC(C2)C1CN1CCCS(=O)(=O)CC1. The average molecular weight is 272 g/mol. The summed E-state index contributed by atoms with van der Waals surface area (Å²) >= 11 is 0. The smallest absolute Gasteiger partial charge is 0.151 e. The Morgan fingerprint density at radius 1 is 1.11 bits per heavy atom. The van der Waals surface area contributed by atoms with Crippen LogP contribution in [-0.4, -0.2) is 50.5 Å². The van der Waals surface area contributed by atoms with Gasteiger partial charge in [-0.1, -0.05) is 0 Å². The van der Waals surface area contributed by atoms with Gasteiger partial charge in [-0.05, 0) is 50.0 Å². The molecule has 0 amide bonds. The van der Waals surface area contributed by atoms with Crippen LogP contribution in [0.2, 0.25) is 0 Å². The maximum atomic E-state index is 11.6. The molecule has 4 unspecified atom stereocenters. The molecule has 1 aliphatic heterocycles. The summed E-state index contributed by atoms with van der Waals surface area (Å²) in [6.07, 6.45) is 4.77. The van der Waals surface area contributed by atoms with Gasteiger partial charge in [-0.25, -0.2) is 8.42 Å². The maximum Gasteiger partial charge on any atom is 0.151 e. The van der Waals surface area contributed by atoms with Crippen LogP contribution < -0.4 is 5.73 Å². The topological polar surface area (TPSA) is 63.4 Å². The van der Waals surface area contributed by atoms with E-state index in [1.165, 1.54) is 19.3 Å². The molecule has 0 radical (unpaired) electrons. The predicted molar refractivity (Wildman–Crippen MR) is 72.0 cm³/mol. The van der Waals surface area contributed by atoms with E-state index in [4.69, 9.17) is 5.73 Å². The van der Waals surface area contributed by atoms with Gasteiger partial charge in [0.2, 0.25) is 0 Å². The van der Waals surface area contributed by atoms with Crippen molar-refractivity contribution in [1.29, 1.82) is 0 Å². The quantitative estimate of drug-likeness (QED) is 0.794. The van der Waals surface area contributed by atoms with E-state index < -0.39 is 9.84 Å². The number of hydrogen-bond acceptors (Lipinski definition) is 4. The zero-order valence-electron chi connectivity index (χ0n) is 10.9. The van der Waals surface area contributed by atoms with Crippen LogP contribution in [0, 0.1) is 17.8 Å². The number of hydrogen-bond donors (Lipinski definition) is 1. The number of fused-ring (bicyclic) bond motifs is 2. The summed E-state index contributed by atoms with van der Waals surface area (Å²) in [4.78, 5) is 2.34. The molecule has 2 bridgehead atoms. The number of nitrogens with zero attached hydrogens (tertiary/aromatic N) is 1. The molecule has 0 aromatic carbocycles. The minimum Gasteiger partial charge on any atom is -0.327 e. The molecule has 0 aromatic rings. The van der Waals surface area contributed by atoms with E-state index in [9.17, 15) is 8.42 Å². The highest BCUT2D eigenvalue weighted by Gasteiger charge is 2.46. The summed E-state index contributed by atoms with van der Waals surface area (Å²) < 4.78 is 23.2. The fraction of sp³-hybridized carbons (Fsp3) is 1.00. The number of sulfone groups is 1. The molecule has 4 nitrogen and oxygen atoms in total. The van der Waals surface area contributed by atoms with Gasteiger partial charge < -0.3 is 10.6 Å². The summed E-state index contributed by atoms with van der Waals surface area (Å²) in [5.41, 5.74) is 6.33. The third kappa shape index (κ3) is 2.45. The summed E-state index contributed by atoms with van der Waals surface area (Å²) in [7, 11) is -2.78. The van der Waals surface area contributed by atoms with E-state index in [1.54, 1.807) is 0 Å². The van der Waals surface area contributed by atoms with Crippen molar-refractivity contribution in [2.75, 3.05) is 31.1 Å². The lowest BCUT2D eigenvalue weighted by Crippen LogP contribution is -2.43.